The molecule has 8 heteroatoms. The number of ether oxygens (including phenoxy) is 2. The Labute approximate surface area is 252 Å². The highest BCUT2D eigenvalue weighted by atomic mass is 35.5. The summed E-state index contributed by atoms with van der Waals surface area (Å²) in [6.45, 7) is 10.4. The largest absolute Gasteiger partial charge is 0.465 e. The quantitative estimate of drug-likeness (QED) is 0.172. The minimum Gasteiger partial charge on any atom is -0.465 e. The fourth-order valence-electron chi connectivity index (χ4n) is 5.54. The van der Waals surface area contributed by atoms with Crippen molar-refractivity contribution in [2.24, 2.45) is 5.41 Å². The third-order valence-electron chi connectivity index (χ3n) is 7.99. The lowest BCUT2D eigenvalue weighted by molar-refractivity contribution is 0.0598. The fourth-order valence-corrected chi connectivity index (χ4v) is 5.66. The number of methoxy groups -OCH3 is 1. The van der Waals surface area contributed by atoms with Crippen LogP contribution in [0, 0.1) is 5.41 Å². The summed E-state index contributed by atoms with van der Waals surface area (Å²) in [6, 6.07) is 17.6. The number of rotatable bonds is 11. The van der Waals surface area contributed by atoms with Crippen LogP contribution in [0.1, 0.15) is 56.0 Å². The Morgan fingerprint density at radius 1 is 1.14 bits per heavy atom. The second kappa shape index (κ2) is 13.0. The Balaban J connectivity index is 1.28. The lowest BCUT2D eigenvalue weighted by Gasteiger charge is -2.35. The number of H-pyrrole nitrogens is 1. The average molecular weight is 587 g/mol. The number of hydrogen-bond donors (Lipinski definition) is 2. The topological polar surface area (TPSA) is 79.5 Å². The van der Waals surface area contributed by atoms with Gasteiger partial charge in [0.15, 0.2) is 0 Å². The number of nitrogens with zero attached hydrogens (tertiary/aromatic N) is 2. The molecule has 7 nitrogen and oxygen atoms in total. The number of aromatic amines is 1. The van der Waals surface area contributed by atoms with Crippen molar-refractivity contribution in [3.8, 4) is 11.5 Å². The van der Waals surface area contributed by atoms with E-state index in [4.69, 9.17) is 21.1 Å². The van der Waals surface area contributed by atoms with E-state index in [0.29, 0.717) is 17.1 Å². The molecule has 5 rings (SSSR count). The number of likely N-dealkylation sites (N-methyl/N-ethyl adjacent to an activating group) is 1. The molecule has 0 saturated heterocycles. The van der Waals surface area contributed by atoms with Gasteiger partial charge < -0.3 is 19.8 Å². The van der Waals surface area contributed by atoms with E-state index >= 15 is 0 Å². The second-order valence-corrected chi connectivity index (χ2v) is 12.1. The number of benzene rings is 2. The van der Waals surface area contributed by atoms with Crippen molar-refractivity contribution >= 4 is 39.9 Å². The summed E-state index contributed by atoms with van der Waals surface area (Å²) in [6.07, 6.45) is 6.83. The van der Waals surface area contributed by atoms with Gasteiger partial charge in [-0.05, 0) is 78.8 Å². The van der Waals surface area contributed by atoms with Gasteiger partial charge in [-0.1, -0.05) is 50.1 Å². The highest BCUT2D eigenvalue weighted by molar-refractivity contribution is 6.30. The summed E-state index contributed by atoms with van der Waals surface area (Å²) in [4.78, 5) is 22.4. The summed E-state index contributed by atoms with van der Waals surface area (Å²) < 4.78 is 11.1. The number of anilines is 1. The smallest absolute Gasteiger partial charge is 0.341 e. The lowest BCUT2D eigenvalue weighted by atomic mass is 9.72. The van der Waals surface area contributed by atoms with Gasteiger partial charge in [0, 0.05) is 48.0 Å². The van der Waals surface area contributed by atoms with Gasteiger partial charge >= 0.3 is 5.97 Å². The molecule has 0 bridgehead atoms. The molecule has 0 atom stereocenters. The number of fused-ring (bicyclic) bond motifs is 1. The van der Waals surface area contributed by atoms with Crippen molar-refractivity contribution < 1.29 is 14.3 Å². The number of carbonyl (C=O) groups excluding carboxylic acids is 1. The Bertz CT molecular complexity index is 1580. The normalized spacial score (nSPS) is 14.8. The number of pyridine rings is 1. The minimum atomic E-state index is -0.454. The monoisotopic (exact) mass is 586 g/mol. The molecule has 0 fully saturated rings. The van der Waals surface area contributed by atoms with Crippen LogP contribution in [-0.2, 0) is 4.74 Å². The van der Waals surface area contributed by atoms with Gasteiger partial charge in [0.25, 0.3) is 0 Å². The van der Waals surface area contributed by atoms with Crippen LogP contribution in [0.15, 0.2) is 72.6 Å². The Hall–Kier alpha value is -3.81. The predicted molar refractivity (Wildman–Crippen MR) is 171 cm³/mol. The Morgan fingerprint density at radius 2 is 1.95 bits per heavy atom. The summed E-state index contributed by atoms with van der Waals surface area (Å²) >= 11 is 6.19. The zero-order valence-electron chi connectivity index (χ0n) is 24.8. The van der Waals surface area contributed by atoms with E-state index in [1.165, 1.54) is 30.2 Å². The average Bonchev–Trinajstić information content (AvgIpc) is 3.45. The molecule has 2 heterocycles. The second-order valence-electron chi connectivity index (χ2n) is 11.6. The van der Waals surface area contributed by atoms with Gasteiger partial charge in [0.2, 0.25) is 0 Å². The molecule has 1 aliphatic rings. The maximum Gasteiger partial charge on any atom is 0.341 e. The first-order chi connectivity index (χ1) is 20.2. The molecule has 0 saturated carbocycles. The number of nitrogens with one attached hydrogen (secondary N) is 2. The highest BCUT2D eigenvalue weighted by Crippen LogP contribution is 2.43. The van der Waals surface area contributed by atoms with Gasteiger partial charge in [-0.3, -0.25) is 4.90 Å². The standard InChI is InChI=1S/C34H39ClN4O3/c1-5-39(22-25-12-14-34(2,3)20-30(25)23-6-8-26(35)9-7-23)17-16-36-27-10-11-29(33(40)41-4)31(19-27)42-28-18-24-13-15-37-32(24)38-21-28/h6-11,13,15,18-19,21,36H,5,12,14,16-17,20,22H2,1-4H3,(H,37,38). The van der Waals surface area contributed by atoms with Gasteiger partial charge in [-0.25, -0.2) is 9.78 Å². The van der Waals surface area contributed by atoms with E-state index in [9.17, 15) is 4.79 Å². The van der Waals surface area contributed by atoms with Crippen molar-refractivity contribution in [3.05, 3.63) is 88.7 Å². The molecule has 2 aromatic carbocycles. The Kier molecular flexibility index (Phi) is 9.19. The van der Waals surface area contributed by atoms with Crippen molar-refractivity contribution in [2.45, 2.75) is 40.0 Å². The first-order valence-corrected chi connectivity index (χ1v) is 14.9. The third kappa shape index (κ3) is 7.15. The van der Waals surface area contributed by atoms with Crippen molar-refractivity contribution in [3.63, 3.8) is 0 Å². The summed E-state index contributed by atoms with van der Waals surface area (Å²) in [7, 11) is 1.37. The van der Waals surface area contributed by atoms with Gasteiger partial charge in [-0.15, -0.1) is 0 Å². The van der Waals surface area contributed by atoms with Crippen molar-refractivity contribution in [2.75, 3.05) is 38.6 Å². The van der Waals surface area contributed by atoms with Crippen LogP contribution in [0.25, 0.3) is 16.6 Å². The summed E-state index contributed by atoms with van der Waals surface area (Å²) in [5.74, 6) is 0.505. The number of carbonyl (C=O) groups is 1. The maximum absolute atomic E-state index is 12.5. The van der Waals surface area contributed by atoms with E-state index in [0.717, 1.165) is 60.8 Å². The first-order valence-electron chi connectivity index (χ1n) is 14.5. The zero-order chi connectivity index (χ0) is 29.7. The van der Waals surface area contributed by atoms with Crippen LogP contribution in [0.5, 0.6) is 11.5 Å². The van der Waals surface area contributed by atoms with E-state index < -0.39 is 5.97 Å². The number of aromatic nitrogens is 2. The molecule has 4 aromatic rings. The molecule has 2 aromatic heterocycles. The van der Waals surface area contributed by atoms with Crippen LogP contribution in [-0.4, -0.2) is 54.1 Å². The molecule has 0 radical (unpaired) electrons. The first kappa shape index (κ1) is 29.7. The van der Waals surface area contributed by atoms with Gasteiger partial charge in [0.1, 0.15) is 22.7 Å². The molecule has 0 amide bonds. The maximum atomic E-state index is 12.5. The molecular formula is C34H39ClN4O3. The fraction of sp³-hybridized carbons (Fsp3) is 0.353. The van der Waals surface area contributed by atoms with E-state index in [-0.39, 0.29) is 5.41 Å². The molecule has 220 valence electrons. The van der Waals surface area contributed by atoms with Gasteiger partial charge in [-0.2, -0.15) is 0 Å². The SMILES string of the molecule is CCN(CCNc1ccc(C(=O)OC)c(Oc2cnc3[nH]ccc3c2)c1)CC1=C(c2ccc(Cl)cc2)CC(C)(C)CC1. The number of allylic oxidation sites excluding steroid dienone is 1. The molecule has 0 unspecified atom stereocenters. The zero-order valence-corrected chi connectivity index (χ0v) is 25.6. The molecule has 42 heavy (non-hydrogen) atoms. The van der Waals surface area contributed by atoms with Crippen molar-refractivity contribution in [1.82, 2.24) is 14.9 Å². The molecule has 0 aliphatic heterocycles. The Morgan fingerprint density at radius 3 is 2.71 bits per heavy atom. The third-order valence-corrected chi connectivity index (χ3v) is 8.24. The number of esters is 1. The van der Waals surface area contributed by atoms with E-state index in [2.05, 4.69) is 53.1 Å². The number of halogens is 1. The van der Waals surface area contributed by atoms with Crippen LogP contribution in [0.3, 0.4) is 0 Å². The molecule has 2 N–H and O–H groups in total. The van der Waals surface area contributed by atoms with Crippen LogP contribution < -0.4 is 10.1 Å². The number of hydrogen-bond acceptors (Lipinski definition) is 6. The minimum absolute atomic E-state index is 0.288. The van der Waals surface area contributed by atoms with Crippen LogP contribution in [0.2, 0.25) is 5.02 Å². The lowest BCUT2D eigenvalue weighted by Crippen LogP contribution is -2.32. The van der Waals surface area contributed by atoms with Gasteiger partial charge in [0.05, 0.1) is 13.3 Å². The van der Waals surface area contributed by atoms with E-state index in [1.54, 1.807) is 12.3 Å². The summed E-state index contributed by atoms with van der Waals surface area (Å²) in [5.41, 5.74) is 6.54. The van der Waals surface area contributed by atoms with Crippen LogP contribution >= 0.6 is 11.6 Å². The molecular weight excluding hydrogens is 548 g/mol. The summed E-state index contributed by atoms with van der Waals surface area (Å²) in [5, 5.41) is 5.21. The highest BCUT2D eigenvalue weighted by Gasteiger charge is 2.28. The molecule has 1 aliphatic carbocycles. The molecule has 0 spiro atoms. The predicted octanol–water partition coefficient (Wildman–Crippen LogP) is 8.19. The van der Waals surface area contributed by atoms with E-state index in [1.807, 2.05) is 42.6 Å². The van der Waals surface area contributed by atoms with Crippen LogP contribution in [0.4, 0.5) is 5.69 Å². The van der Waals surface area contributed by atoms with Crippen molar-refractivity contribution in [1.29, 1.82) is 0 Å².